The highest BCUT2D eigenvalue weighted by molar-refractivity contribution is 6.63. The minimum atomic E-state index is -1.35. The number of carbonyl (C=O) groups excluding carboxylic acids is 1. The molecule has 0 aliphatic heterocycles. The highest BCUT2D eigenvalue weighted by atomic mass is 16.7. The molecule has 1 rings (SSSR count). The van der Waals surface area contributed by atoms with Gasteiger partial charge in [0, 0.05) is 12.8 Å². The Hall–Kier alpha value is -1.39. The summed E-state index contributed by atoms with van der Waals surface area (Å²) < 4.78 is 0. The van der Waals surface area contributed by atoms with E-state index in [2.05, 4.69) is 12.1 Å². The molecule has 0 amide bonds. The molecule has 1 N–H and O–H groups in total. The first-order valence-electron chi connectivity index (χ1n) is 6.74. The van der Waals surface area contributed by atoms with Crippen LogP contribution in [0.3, 0.4) is 0 Å². The van der Waals surface area contributed by atoms with E-state index in [1.54, 1.807) is 0 Å². The van der Waals surface area contributed by atoms with Crippen LogP contribution in [0.4, 0.5) is 0 Å². The number of aliphatic carboxylic acids is 1. The minimum absolute atomic E-state index is 0.342. The summed E-state index contributed by atoms with van der Waals surface area (Å²) >= 11 is 0. The lowest BCUT2D eigenvalue weighted by molar-refractivity contribution is -0.131. The molecule has 0 unspecified atom stereocenters. The zero-order chi connectivity index (χ0) is 14.6. The van der Waals surface area contributed by atoms with Crippen LogP contribution in [0.1, 0.15) is 53.4 Å². The molecular formula is C14H23NO4. The molecule has 19 heavy (non-hydrogen) atoms. The minimum Gasteiger partial charge on any atom is -0.476 e. The Labute approximate surface area is 114 Å². The molecule has 5 heteroatoms. The Morgan fingerprint density at radius 1 is 1.21 bits per heavy atom. The summed E-state index contributed by atoms with van der Waals surface area (Å²) in [7, 11) is 0. The summed E-state index contributed by atoms with van der Waals surface area (Å²) in [5.41, 5.74) is -1.09. The number of carboxylic acids is 1. The summed E-state index contributed by atoms with van der Waals surface area (Å²) in [5, 5.41) is 12.4. The van der Waals surface area contributed by atoms with Gasteiger partial charge in [-0.2, -0.15) is 0 Å². The van der Waals surface area contributed by atoms with Crippen LogP contribution in [0.15, 0.2) is 5.16 Å². The van der Waals surface area contributed by atoms with Gasteiger partial charge in [0.05, 0.1) is 0 Å². The Morgan fingerprint density at radius 2 is 1.74 bits per heavy atom. The fourth-order valence-corrected chi connectivity index (χ4v) is 2.45. The van der Waals surface area contributed by atoms with Gasteiger partial charge in [-0.05, 0) is 32.6 Å². The van der Waals surface area contributed by atoms with E-state index in [4.69, 9.17) is 9.94 Å². The first kappa shape index (κ1) is 15.7. The topological polar surface area (TPSA) is 76.0 Å². The van der Waals surface area contributed by atoms with Crippen molar-refractivity contribution in [3.05, 3.63) is 0 Å². The number of hydrogen-bond donors (Lipinski definition) is 1. The normalized spacial score (nSPS) is 24.9. The van der Waals surface area contributed by atoms with Crippen LogP contribution in [0.2, 0.25) is 0 Å². The molecule has 0 radical (unpaired) electrons. The van der Waals surface area contributed by atoms with Gasteiger partial charge in [-0.3, -0.25) is 4.79 Å². The molecule has 0 aromatic carbocycles. The molecule has 0 bridgehead atoms. The number of oxime groups is 1. The van der Waals surface area contributed by atoms with Crippen molar-refractivity contribution in [1.29, 1.82) is 0 Å². The highest BCUT2D eigenvalue weighted by Crippen LogP contribution is 2.37. The summed E-state index contributed by atoms with van der Waals surface area (Å²) in [6.45, 7) is 7.21. The van der Waals surface area contributed by atoms with E-state index in [1.165, 1.54) is 6.92 Å². The lowest BCUT2D eigenvalue weighted by atomic mass is 9.75. The smallest absolute Gasteiger partial charge is 0.361 e. The van der Waals surface area contributed by atoms with Gasteiger partial charge in [-0.1, -0.05) is 24.9 Å². The van der Waals surface area contributed by atoms with Crippen LogP contribution in [0, 0.1) is 11.8 Å². The van der Waals surface area contributed by atoms with Crippen molar-refractivity contribution in [3.8, 4) is 0 Å². The van der Waals surface area contributed by atoms with Gasteiger partial charge in [0.25, 0.3) is 0 Å². The third-order valence-electron chi connectivity index (χ3n) is 3.91. The van der Waals surface area contributed by atoms with Crippen molar-refractivity contribution in [2.24, 2.45) is 17.0 Å². The van der Waals surface area contributed by atoms with E-state index < -0.39 is 23.1 Å². The van der Waals surface area contributed by atoms with Crippen molar-refractivity contribution in [2.75, 3.05) is 0 Å². The number of carbonyl (C=O) groups is 2. The number of nitrogens with zero attached hydrogens (tertiary/aromatic N) is 1. The van der Waals surface area contributed by atoms with Gasteiger partial charge in [0.15, 0.2) is 5.78 Å². The Bertz CT molecular complexity index is 363. The molecular weight excluding hydrogens is 246 g/mol. The zero-order valence-corrected chi connectivity index (χ0v) is 12.1. The predicted molar refractivity (Wildman–Crippen MR) is 72.0 cm³/mol. The lowest BCUT2D eigenvalue weighted by Crippen LogP contribution is -2.36. The number of carboxylic acid groups (broad SMARTS) is 1. The SMILES string of the molecule is CC(=O)/C(=N/OC(C)(C)[C@H]1CC[C@H](C)CC1)C(=O)O. The van der Waals surface area contributed by atoms with Crippen LogP contribution in [0.25, 0.3) is 0 Å². The monoisotopic (exact) mass is 269 g/mol. The highest BCUT2D eigenvalue weighted by Gasteiger charge is 2.35. The van der Waals surface area contributed by atoms with Crippen LogP contribution in [0.5, 0.6) is 0 Å². The second kappa shape index (κ2) is 6.17. The molecule has 0 saturated heterocycles. The van der Waals surface area contributed by atoms with E-state index in [1.807, 2.05) is 13.8 Å². The first-order chi connectivity index (χ1) is 8.74. The summed E-state index contributed by atoms with van der Waals surface area (Å²) in [6.07, 6.45) is 4.40. The fraction of sp³-hybridized carbons (Fsp3) is 0.786. The summed E-state index contributed by atoms with van der Waals surface area (Å²) in [6, 6.07) is 0. The lowest BCUT2D eigenvalue weighted by Gasteiger charge is -2.36. The molecule has 5 nitrogen and oxygen atoms in total. The van der Waals surface area contributed by atoms with Crippen molar-refractivity contribution >= 4 is 17.5 Å². The van der Waals surface area contributed by atoms with Crippen LogP contribution in [-0.2, 0) is 14.4 Å². The van der Waals surface area contributed by atoms with Gasteiger partial charge < -0.3 is 9.94 Å². The van der Waals surface area contributed by atoms with Crippen molar-refractivity contribution < 1.29 is 19.5 Å². The van der Waals surface area contributed by atoms with Gasteiger partial charge in [0.1, 0.15) is 5.60 Å². The number of Topliss-reactive ketones (excluding diaryl/α,β-unsaturated/α-hetero) is 1. The molecule has 1 saturated carbocycles. The maximum Gasteiger partial charge on any atom is 0.361 e. The van der Waals surface area contributed by atoms with Gasteiger partial charge in [-0.15, -0.1) is 0 Å². The van der Waals surface area contributed by atoms with Crippen molar-refractivity contribution in [2.45, 2.75) is 59.0 Å². The van der Waals surface area contributed by atoms with E-state index in [0.29, 0.717) is 5.92 Å². The second-order valence-corrected chi connectivity index (χ2v) is 5.95. The van der Waals surface area contributed by atoms with Crippen LogP contribution in [-0.4, -0.2) is 28.2 Å². The van der Waals surface area contributed by atoms with Gasteiger partial charge in [0.2, 0.25) is 5.71 Å². The molecule has 1 fully saturated rings. The predicted octanol–water partition coefficient (Wildman–Crippen LogP) is 2.64. The maximum atomic E-state index is 11.1. The number of ketones is 1. The fourth-order valence-electron chi connectivity index (χ4n) is 2.45. The quantitative estimate of drug-likeness (QED) is 0.473. The number of rotatable bonds is 5. The van der Waals surface area contributed by atoms with Crippen molar-refractivity contribution in [1.82, 2.24) is 0 Å². The maximum absolute atomic E-state index is 11.1. The van der Waals surface area contributed by atoms with E-state index in [-0.39, 0.29) is 0 Å². The number of hydrogen-bond acceptors (Lipinski definition) is 4. The van der Waals surface area contributed by atoms with Crippen molar-refractivity contribution in [3.63, 3.8) is 0 Å². The molecule has 0 aromatic heterocycles. The summed E-state index contributed by atoms with van der Waals surface area (Å²) in [4.78, 5) is 27.4. The molecule has 108 valence electrons. The largest absolute Gasteiger partial charge is 0.476 e. The Morgan fingerprint density at radius 3 is 2.16 bits per heavy atom. The Kier molecular flexibility index (Phi) is 5.09. The van der Waals surface area contributed by atoms with E-state index in [0.717, 1.165) is 31.6 Å². The van der Waals surface area contributed by atoms with Gasteiger partial charge >= 0.3 is 5.97 Å². The van der Waals surface area contributed by atoms with E-state index in [9.17, 15) is 9.59 Å². The van der Waals surface area contributed by atoms with Gasteiger partial charge in [-0.25, -0.2) is 4.79 Å². The zero-order valence-electron chi connectivity index (χ0n) is 12.1. The molecule has 0 aromatic rings. The summed E-state index contributed by atoms with van der Waals surface area (Å²) in [5.74, 6) is -0.863. The van der Waals surface area contributed by atoms with Crippen LogP contribution >= 0.6 is 0 Å². The molecule has 1 aliphatic carbocycles. The molecule has 0 heterocycles. The Balaban J connectivity index is 2.70. The molecule has 0 spiro atoms. The third kappa shape index (κ3) is 4.33. The van der Waals surface area contributed by atoms with E-state index >= 15 is 0 Å². The average Bonchev–Trinajstić information content (AvgIpc) is 2.28. The molecule has 1 aliphatic rings. The first-order valence-corrected chi connectivity index (χ1v) is 6.74. The standard InChI is InChI=1S/C14H23NO4/c1-9-5-7-11(8-6-9)14(3,4)19-15-12(10(2)16)13(17)18/h9,11H,5-8H2,1-4H3,(H,17,18)/b15-12-/t9-,11-. The third-order valence-corrected chi connectivity index (χ3v) is 3.91. The second-order valence-electron chi connectivity index (χ2n) is 5.95. The molecule has 0 atom stereocenters. The van der Waals surface area contributed by atoms with Crippen LogP contribution < -0.4 is 0 Å². The average molecular weight is 269 g/mol.